The fraction of sp³-hybridized carbons (Fsp3) is 0.632. The van der Waals surface area contributed by atoms with Crippen molar-refractivity contribution in [1.82, 2.24) is 15.5 Å². The van der Waals surface area contributed by atoms with Gasteiger partial charge in [0.15, 0.2) is 0 Å². The number of rotatable bonds is 6. The quantitative estimate of drug-likeness (QED) is 0.832. The molecule has 2 aliphatic rings. The summed E-state index contributed by atoms with van der Waals surface area (Å²) in [6, 6.07) is 8.89. The molecule has 0 aromatic heterocycles. The van der Waals surface area contributed by atoms with Crippen LogP contribution in [-0.4, -0.2) is 49.2 Å². The van der Waals surface area contributed by atoms with Gasteiger partial charge < -0.3 is 15.4 Å². The van der Waals surface area contributed by atoms with Gasteiger partial charge in [0.2, 0.25) is 5.91 Å². The van der Waals surface area contributed by atoms with Crippen LogP contribution in [0.1, 0.15) is 37.3 Å². The van der Waals surface area contributed by atoms with E-state index in [1.54, 1.807) is 0 Å². The Morgan fingerprint density at radius 2 is 2.29 bits per heavy atom. The molecule has 2 unspecified atom stereocenters. The number of amides is 1. The molecule has 0 radical (unpaired) electrons. The van der Waals surface area contributed by atoms with Crippen molar-refractivity contribution in [3.05, 3.63) is 35.4 Å². The topological polar surface area (TPSA) is 53.6 Å². The van der Waals surface area contributed by atoms with Crippen LogP contribution in [0.4, 0.5) is 0 Å². The zero-order chi connectivity index (χ0) is 16.8. The third-order valence-electron chi connectivity index (χ3n) is 4.81. The van der Waals surface area contributed by atoms with Gasteiger partial charge in [0.1, 0.15) is 0 Å². The monoisotopic (exact) mass is 331 g/mol. The van der Waals surface area contributed by atoms with Gasteiger partial charge in [-0.3, -0.25) is 9.69 Å². The first-order chi connectivity index (χ1) is 11.7. The van der Waals surface area contributed by atoms with Crippen LogP contribution in [0.25, 0.3) is 0 Å². The molecular formula is C19H29N3O2. The van der Waals surface area contributed by atoms with Gasteiger partial charge in [0.25, 0.3) is 0 Å². The number of carbonyl (C=O) groups is 1. The number of benzene rings is 1. The SMILES string of the molecule is CC1CN(Cc2cccc(CNC(=O)CC3CCCN3)c2)CCO1. The first-order valence-corrected chi connectivity index (χ1v) is 9.11. The Morgan fingerprint density at radius 1 is 1.42 bits per heavy atom. The van der Waals surface area contributed by atoms with E-state index >= 15 is 0 Å². The van der Waals surface area contributed by atoms with Crippen molar-refractivity contribution in [3.63, 3.8) is 0 Å². The van der Waals surface area contributed by atoms with Gasteiger partial charge in [0, 0.05) is 38.6 Å². The normalized spacial score (nSPS) is 24.9. The second-order valence-electron chi connectivity index (χ2n) is 7.01. The van der Waals surface area contributed by atoms with Crippen LogP contribution in [-0.2, 0) is 22.6 Å². The number of ether oxygens (including phenoxy) is 1. The summed E-state index contributed by atoms with van der Waals surface area (Å²) in [5.41, 5.74) is 2.47. The molecule has 0 spiro atoms. The number of hydrogen-bond acceptors (Lipinski definition) is 4. The minimum absolute atomic E-state index is 0.141. The van der Waals surface area contributed by atoms with Crippen LogP contribution in [0.15, 0.2) is 24.3 Å². The Morgan fingerprint density at radius 3 is 3.08 bits per heavy atom. The Balaban J connectivity index is 1.46. The van der Waals surface area contributed by atoms with Crippen LogP contribution in [0.2, 0.25) is 0 Å². The average molecular weight is 331 g/mol. The third kappa shape index (κ3) is 5.30. The molecule has 1 aromatic rings. The Bertz CT molecular complexity index is 543. The van der Waals surface area contributed by atoms with E-state index < -0.39 is 0 Å². The minimum Gasteiger partial charge on any atom is -0.376 e. The molecule has 24 heavy (non-hydrogen) atoms. The first-order valence-electron chi connectivity index (χ1n) is 9.11. The molecule has 2 aliphatic heterocycles. The minimum atomic E-state index is 0.141. The van der Waals surface area contributed by atoms with Crippen LogP contribution in [0.5, 0.6) is 0 Å². The number of nitrogens with one attached hydrogen (secondary N) is 2. The lowest BCUT2D eigenvalue weighted by Gasteiger charge is -2.31. The summed E-state index contributed by atoms with van der Waals surface area (Å²) in [5, 5.41) is 6.42. The van der Waals surface area contributed by atoms with Crippen LogP contribution < -0.4 is 10.6 Å². The molecule has 0 saturated carbocycles. The van der Waals surface area contributed by atoms with E-state index in [1.165, 1.54) is 17.5 Å². The lowest BCUT2D eigenvalue weighted by atomic mass is 10.1. The molecular weight excluding hydrogens is 302 g/mol. The van der Waals surface area contributed by atoms with E-state index in [0.717, 1.165) is 39.2 Å². The molecule has 0 bridgehead atoms. The van der Waals surface area contributed by atoms with E-state index in [9.17, 15) is 4.79 Å². The van der Waals surface area contributed by atoms with Crippen molar-refractivity contribution < 1.29 is 9.53 Å². The zero-order valence-corrected chi connectivity index (χ0v) is 14.6. The summed E-state index contributed by atoms with van der Waals surface area (Å²) in [4.78, 5) is 14.5. The van der Waals surface area contributed by atoms with Crippen LogP contribution in [0, 0.1) is 0 Å². The molecule has 1 amide bonds. The smallest absolute Gasteiger partial charge is 0.221 e. The van der Waals surface area contributed by atoms with E-state index in [2.05, 4.69) is 46.7 Å². The average Bonchev–Trinajstić information content (AvgIpc) is 3.06. The van der Waals surface area contributed by atoms with Gasteiger partial charge in [-0.15, -0.1) is 0 Å². The fourth-order valence-electron chi connectivity index (χ4n) is 3.56. The molecule has 2 N–H and O–H groups in total. The molecule has 132 valence electrons. The van der Waals surface area contributed by atoms with Gasteiger partial charge in [-0.2, -0.15) is 0 Å². The largest absolute Gasteiger partial charge is 0.376 e. The highest BCUT2D eigenvalue weighted by atomic mass is 16.5. The highest BCUT2D eigenvalue weighted by molar-refractivity contribution is 5.76. The first kappa shape index (κ1) is 17.4. The number of morpholine rings is 1. The van der Waals surface area contributed by atoms with E-state index in [4.69, 9.17) is 4.74 Å². The molecule has 3 rings (SSSR count). The van der Waals surface area contributed by atoms with E-state index in [1.807, 2.05) is 0 Å². The maximum atomic E-state index is 12.0. The molecule has 2 saturated heterocycles. The van der Waals surface area contributed by atoms with Crippen LogP contribution in [0.3, 0.4) is 0 Å². The number of nitrogens with zero attached hydrogens (tertiary/aromatic N) is 1. The number of carbonyl (C=O) groups excluding carboxylic acids is 1. The molecule has 2 fully saturated rings. The zero-order valence-electron chi connectivity index (χ0n) is 14.6. The summed E-state index contributed by atoms with van der Waals surface area (Å²) in [6.45, 7) is 7.50. The maximum absolute atomic E-state index is 12.0. The second-order valence-corrected chi connectivity index (χ2v) is 7.01. The summed E-state index contributed by atoms with van der Waals surface area (Å²) in [5.74, 6) is 0.141. The van der Waals surface area contributed by atoms with Crippen molar-refractivity contribution in [2.75, 3.05) is 26.2 Å². The van der Waals surface area contributed by atoms with Crippen molar-refractivity contribution >= 4 is 5.91 Å². The Kier molecular flexibility index (Phi) is 6.24. The Labute approximate surface area is 144 Å². The molecule has 2 atom stereocenters. The molecule has 0 aliphatic carbocycles. The lowest BCUT2D eigenvalue weighted by Crippen LogP contribution is -2.40. The standard InChI is InChI=1S/C19H29N3O2/c1-15-13-22(8-9-24-15)14-17-5-2-4-16(10-17)12-21-19(23)11-18-6-3-7-20-18/h2,4-5,10,15,18,20H,3,6-9,11-14H2,1H3,(H,21,23). The second kappa shape index (κ2) is 8.60. The van der Waals surface area contributed by atoms with Gasteiger partial charge in [0.05, 0.1) is 12.7 Å². The van der Waals surface area contributed by atoms with E-state index in [-0.39, 0.29) is 5.91 Å². The van der Waals surface area contributed by atoms with E-state index in [0.29, 0.717) is 25.1 Å². The number of hydrogen-bond donors (Lipinski definition) is 2. The van der Waals surface area contributed by atoms with Crippen molar-refractivity contribution in [3.8, 4) is 0 Å². The summed E-state index contributed by atoms with van der Waals surface area (Å²) in [6.07, 6.45) is 3.19. The van der Waals surface area contributed by atoms with Crippen molar-refractivity contribution in [2.24, 2.45) is 0 Å². The Hall–Kier alpha value is -1.43. The third-order valence-corrected chi connectivity index (χ3v) is 4.81. The fourth-order valence-corrected chi connectivity index (χ4v) is 3.56. The van der Waals surface area contributed by atoms with Crippen LogP contribution >= 0.6 is 0 Å². The van der Waals surface area contributed by atoms with Crippen molar-refractivity contribution in [1.29, 1.82) is 0 Å². The van der Waals surface area contributed by atoms with Gasteiger partial charge in [-0.1, -0.05) is 24.3 Å². The highest BCUT2D eigenvalue weighted by Gasteiger charge is 2.18. The summed E-state index contributed by atoms with van der Waals surface area (Å²) < 4.78 is 5.59. The predicted octanol–water partition coefficient (Wildman–Crippen LogP) is 1.67. The van der Waals surface area contributed by atoms with Crippen molar-refractivity contribution in [2.45, 2.75) is 51.4 Å². The summed E-state index contributed by atoms with van der Waals surface area (Å²) >= 11 is 0. The predicted molar refractivity (Wildman–Crippen MR) is 94.6 cm³/mol. The molecule has 1 aromatic carbocycles. The maximum Gasteiger partial charge on any atom is 0.221 e. The van der Waals surface area contributed by atoms with Gasteiger partial charge >= 0.3 is 0 Å². The molecule has 2 heterocycles. The van der Waals surface area contributed by atoms with Gasteiger partial charge in [-0.25, -0.2) is 0 Å². The molecule has 5 nitrogen and oxygen atoms in total. The van der Waals surface area contributed by atoms with Gasteiger partial charge in [-0.05, 0) is 37.4 Å². The summed E-state index contributed by atoms with van der Waals surface area (Å²) in [7, 11) is 0. The molecule has 5 heteroatoms. The highest BCUT2D eigenvalue weighted by Crippen LogP contribution is 2.12. The lowest BCUT2D eigenvalue weighted by molar-refractivity contribution is -0.121.